The van der Waals surface area contributed by atoms with Gasteiger partial charge in [-0.15, -0.1) is 35.3 Å². The molecule has 8 heteroatoms. The van der Waals surface area contributed by atoms with Gasteiger partial charge in [-0.05, 0) is 38.6 Å². The van der Waals surface area contributed by atoms with Crippen LogP contribution in [0.5, 0.6) is 0 Å². The van der Waals surface area contributed by atoms with E-state index in [0.717, 1.165) is 18.9 Å². The Hall–Kier alpha value is -1.03. The second kappa shape index (κ2) is 11.5. The summed E-state index contributed by atoms with van der Waals surface area (Å²) >= 11 is 1.75. The summed E-state index contributed by atoms with van der Waals surface area (Å²) in [7, 11) is 3.46. The summed E-state index contributed by atoms with van der Waals surface area (Å²) in [5.74, 6) is 0.735. The summed E-state index contributed by atoms with van der Waals surface area (Å²) in [5.41, 5.74) is -0.474. The van der Waals surface area contributed by atoms with Crippen LogP contribution in [0.15, 0.2) is 22.5 Å². The molecule has 0 saturated heterocycles. The topological polar surface area (TPSA) is 66.0 Å². The molecule has 1 aromatic rings. The van der Waals surface area contributed by atoms with Crippen molar-refractivity contribution in [3.05, 3.63) is 22.4 Å². The van der Waals surface area contributed by atoms with Gasteiger partial charge in [0.05, 0.1) is 0 Å². The average Bonchev–Trinajstić information content (AvgIpc) is 2.96. The molecule has 1 rings (SSSR count). The highest BCUT2D eigenvalue weighted by molar-refractivity contribution is 14.0. The van der Waals surface area contributed by atoms with Crippen molar-refractivity contribution < 1.29 is 9.53 Å². The molecule has 0 radical (unpaired) electrons. The van der Waals surface area contributed by atoms with Crippen molar-refractivity contribution in [3.8, 4) is 0 Å². The Labute approximate surface area is 166 Å². The molecule has 1 amide bonds. The van der Waals surface area contributed by atoms with Crippen LogP contribution in [-0.4, -0.2) is 56.3 Å². The minimum absolute atomic E-state index is 0. The molecule has 6 nitrogen and oxygen atoms in total. The van der Waals surface area contributed by atoms with Gasteiger partial charge < -0.3 is 20.3 Å². The summed E-state index contributed by atoms with van der Waals surface area (Å²) in [6, 6.07) is 4.18. The molecule has 138 valence electrons. The van der Waals surface area contributed by atoms with Crippen LogP contribution in [-0.2, 0) is 11.2 Å². The van der Waals surface area contributed by atoms with Crippen molar-refractivity contribution in [2.75, 3.05) is 33.7 Å². The third-order valence-corrected chi connectivity index (χ3v) is 3.85. The van der Waals surface area contributed by atoms with Crippen LogP contribution in [0.3, 0.4) is 0 Å². The lowest BCUT2D eigenvalue weighted by Gasteiger charge is -2.24. The molecule has 0 spiro atoms. The van der Waals surface area contributed by atoms with Gasteiger partial charge in [-0.1, -0.05) is 6.07 Å². The highest BCUT2D eigenvalue weighted by atomic mass is 127. The van der Waals surface area contributed by atoms with Crippen LogP contribution in [0.4, 0.5) is 4.79 Å². The number of aliphatic imine (C=N–C) groups is 1. The van der Waals surface area contributed by atoms with Gasteiger partial charge in [-0.2, -0.15) is 0 Å². The van der Waals surface area contributed by atoms with Crippen LogP contribution in [0, 0.1) is 0 Å². The number of nitrogens with zero attached hydrogens (tertiary/aromatic N) is 2. The number of hydrogen-bond donors (Lipinski definition) is 2. The minimum atomic E-state index is -0.474. The van der Waals surface area contributed by atoms with Gasteiger partial charge in [0.1, 0.15) is 5.60 Å². The Bertz CT molecular complexity index is 501. The molecule has 0 saturated carbocycles. The van der Waals surface area contributed by atoms with Crippen molar-refractivity contribution in [1.82, 2.24) is 15.5 Å². The van der Waals surface area contributed by atoms with E-state index in [2.05, 4.69) is 33.1 Å². The first kappa shape index (κ1) is 23.0. The smallest absolute Gasteiger partial charge is 0.410 e. The SMILES string of the molecule is CN=C(NCCc1cccs1)NCCN(C)C(=O)OC(C)(C)C.I. The van der Waals surface area contributed by atoms with Gasteiger partial charge in [-0.25, -0.2) is 4.79 Å². The van der Waals surface area contributed by atoms with Crippen LogP contribution >= 0.6 is 35.3 Å². The molecule has 0 aliphatic heterocycles. The zero-order valence-corrected chi connectivity index (χ0v) is 18.2. The van der Waals surface area contributed by atoms with E-state index < -0.39 is 5.60 Å². The molecule has 0 aliphatic carbocycles. The van der Waals surface area contributed by atoms with Crippen molar-refractivity contribution in [2.24, 2.45) is 4.99 Å². The van der Waals surface area contributed by atoms with E-state index in [4.69, 9.17) is 4.74 Å². The lowest BCUT2D eigenvalue weighted by atomic mass is 10.2. The summed E-state index contributed by atoms with van der Waals surface area (Å²) in [4.78, 5) is 18.9. The first-order valence-corrected chi connectivity index (χ1v) is 8.61. The molecule has 24 heavy (non-hydrogen) atoms. The number of nitrogens with one attached hydrogen (secondary N) is 2. The number of ether oxygens (including phenoxy) is 1. The lowest BCUT2D eigenvalue weighted by molar-refractivity contribution is 0.0302. The van der Waals surface area contributed by atoms with Crippen LogP contribution in [0.1, 0.15) is 25.6 Å². The summed E-state index contributed by atoms with van der Waals surface area (Å²) < 4.78 is 5.30. The summed E-state index contributed by atoms with van der Waals surface area (Å²) in [6.07, 6.45) is 0.649. The molecule has 1 heterocycles. The summed E-state index contributed by atoms with van der Waals surface area (Å²) in [5, 5.41) is 8.53. The Morgan fingerprint density at radius 3 is 2.54 bits per heavy atom. The zero-order valence-electron chi connectivity index (χ0n) is 15.1. The second-order valence-corrected chi connectivity index (χ2v) is 7.19. The molecule has 0 unspecified atom stereocenters. The maximum absolute atomic E-state index is 11.8. The van der Waals surface area contributed by atoms with E-state index in [9.17, 15) is 4.79 Å². The van der Waals surface area contributed by atoms with Crippen LogP contribution in [0.2, 0.25) is 0 Å². The predicted molar refractivity (Wildman–Crippen MR) is 112 cm³/mol. The van der Waals surface area contributed by atoms with Crippen LogP contribution in [0.25, 0.3) is 0 Å². The van der Waals surface area contributed by atoms with E-state index in [1.165, 1.54) is 4.88 Å². The predicted octanol–water partition coefficient (Wildman–Crippen LogP) is 2.94. The highest BCUT2D eigenvalue weighted by Gasteiger charge is 2.19. The first-order chi connectivity index (χ1) is 10.8. The van der Waals surface area contributed by atoms with Gasteiger partial charge in [0.15, 0.2) is 5.96 Å². The highest BCUT2D eigenvalue weighted by Crippen LogP contribution is 2.09. The quantitative estimate of drug-likeness (QED) is 0.383. The second-order valence-electron chi connectivity index (χ2n) is 6.16. The van der Waals surface area contributed by atoms with E-state index in [1.807, 2.05) is 20.8 Å². The molecular formula is C16H29IN4O2S. The van der Waals surface area contributed by atoms with Crippen molar-refractivity contribution >= 4 is 47.4 Å². The average molecular weight is 468 g/mol. The number of rotatable bonds is 6. The number of halogens is 1. The molecule has 0 aliphatic rings. The van der Waals surface area contributed by atoms with Gasteiger partial charge in [0.25, 0.3) is 0 Å². The molecule has 0 fully saturated rings. The third kappa shape index (κ3) is 9.96. The third-order valence-electron chi connectivity index (χ3n) is 2.91. The van der Waals surface area contributed by atoms with Gasteiger partial charge >= 0.3 is 6.09 Å². The van der Waals surface area contributed by atoms with E-state index >= 15 is 0 Å². The van der Waals surface area contributed by atoms with Crippen molar-refractivity contribution in [2.45, 2.75) is 32.8 Å². The van der Waals surface area contributed by atoms with Gasteiger partial charge in [-0.3, -0.25) is 4.99 Å². The van der Waals surface area contributed by atoms with Crippen LogP contribution < -0.4 is 10.6 Å². The number of guanidine groups is 1. The normalized spacial score (nSPS) is 11.5. The lowest BCUT2D eigenvalue weighted by Crippen LogP contribution is -2.43. The monoisotopic (exact) mass is 468 g/mol. The van der Waals surface area contributed by atoms with Gasteiger partial charge in [0, 0.05) is 38.6 Å². The fourth-order valence-electron chi connectivity index (χ4n) is 1.75. The largest absolute Gasteiger partial charge is 0.444 e. The molecule has 0 bridgehead atoms. The fraction of sp³-hybridized carbons (Fsp3) is 0.625. The number of hydrogen-bond acceptors (Lipinski definition) is 4. The van der Waals surface area contributed by atoms with E-state index in [0.29, 0.717) is 13.1 Å². The molecule has 0 aromatic carbocycles. The van der Waals surface area contributed by atoms with Crippen molar-refractivity contribution in [3.63, 3.8) is 0 Å². The number of carbonyl (C=O) groups excluding carboxylic acids is 1. The Kier molecular flexibility index (Phi) is 11.0. The molecule has 0 atom stereocenters. The Balaban J connectivity index is 0.00000529. The minimum Gasteiger partial charge on any atom is -0.444 e. The first-order valence-electron chi connectivity index (χ1n) is 7.73. The molecule has 1 aromatic heterocycles. The number of amides is 1. The fourth-order valence-corrected chi connectivity index (χ4v) is 2.46. The van der Waals surface area contributed by atoms with E-state index in [1.54, 1.807) is 30.3 Å². The molecular weight excluding hydrogens is 439 g/mol. The maximum Gasteiger partial charge on any atom is 0.410 e. The number of likely N-dealkylation sites (N-methyl/N-ethyl adjacent to an activating group) is 1. The standard InChI is InChI=1S/C16H28N4O2S.HI/c1-16(2,3)22-15(21)20(5)11-10-19-14(17-4)18-9-8-13-7-6-12-23-13;/h6-7,12H,8-11H2,1-5H3,(H2,17,18,19);1H. The zero-order chi connectivity index (χ0) is 17.3. The number of carbonyl (C=O) groups is 1. The van der Waals surface area contributed by atoms with Gasteiger partial charge in [0.2, 0.25) is 0 Å². The van der Waals surface area contributed by atoms with Crippen molar-refractivity contribution in [1.29, 1.82) is 0 Å². The molecule has 2 N–H and O–H groups in total. The van der Waals surface area contributed by atoms with E-state index in [-0.39, 0.29) is 30.1 Å². The Morgan fingerprint density at radius 1 is 1.33 bits per heavy atom. The number of thiophene rings is 1. The Morgan fingerprint density at radius 2 is 2.00 bits per heavy atom. The maximum atomic E-state index is 11.8. The summed E-state index contributed by atoms with van der Waals surface area (Å²) in [6.45, 7) is 7.54.